The number of likely N-dealkylation sites (N-methyl/N-ethyl adjacent to an activating group) is 1. The first-order chi connectivity index (χ1) is 11.7. The quantitative estimate of drug-likeness (QED) is 0.710. The highest BCUT2D eigenvalue weighted by atomic mass is 16.5. The van der Waals surface area contributed by atoms with Gasteiger partial charge in [-0.05, 0) is 26.9 Å². The van der Waals surface area contributed by atoms with Crippen LogP contribution in [0.4, 0.5) is 5.69 Å². The number of ether oxygens (including phenoxy) is 1. The van der Waals surface area contributed by atoms with Gasteiger partial charge in [0.1, 0.15) is 5.56 Å². The van der Waals surface area contributed by atoms with E-state index >= 15 is 0 Å². The van der Waals surface area contributed by atoms with Crippen molar-refractivity contribution in [1.82, 2.24) is 19.7 Å². The Balaban J connectivity index is 2.32. The second kappa shape index (κ2) is 8.63. The van der Waals surface area contributed by atoms with Crippen LogP contribution in [0, 0.1) is 0 Å². The zero-order valence-electron chi connectivity index (χ0n) is 15.0. The van der Waals surface area contributed by atoms with Gasteiger partial charge < -0.3 is 15.0 Å². The summed E-state index contributed by atoms with van der Waals surface area (Å²) < 4.78 is 6.98. The number of aromatic nitrogens is 3. The summed E-state index contributed by atoms with van der Waals surface area (Å²) in [6, 6.07) is 0. The van der Waals surface area contributed by atoms with Crippen LogP contribution in [0.15, 0.2) is 12.4 Å². The van der Waals surface area contributed by atoms with Gasteiger partial charge in [-0.3, -0.25) is 0 Å². The molecule has 0 fully saturated rings. The Morgan fingerprint density at radius 1 is 1.25 bits per heavy atom. The lowest BCUT2D eigenvalue weighted by Gasteiger charge is -2.19. The first-order valence-corrected chi connectivity index (χ1v) is 8.63. The molecule has 0 unspecified atom stereocenters. The van der Waals surface area contributed by atoms with E-state index < -0.39 is 0 Å². The second-order valence-corrected chi connectivity index (χ2v) is 5.42. The minimum atomic E-state index is -0.360. The minimum Gasteiger partial charge on any atom is -0.462 e. The van der Waals surface area contributed by atoms with E-state index in [4.69, 9.17) is 4.74 Å². The van der Waals surface area contributed by atoms with Crippen molar-refractivity contribution in [3.8, 4) is 0 Å². The highest BCUT2D eigenvalue weighted by Crippen LogP contribution is 2.26. The van der Waals surface area contributed by atoms with Crippen molar-refractivity contribution in [1.29, 1.82) is 0 Å². The number of pyridine rings is 1. The summed E-state index contributed by atoms with van der Waals surface area (Å²) >= 11 is 0. The highest BCUT2D eigenvalue weighted by Gasteiger charge is 2.18. The predicted molar refractivity (Wildman–Crippen MR) is 95.4 cm³/mol. The van der Waals surface area contributed by atoms with Crippen molar-refractivity contribution in [3.05, 3.63) is 18.0 Å². The molecule has 0 bridgehead atoms. The van der Waals surface area contributed by atoms with Crippen molar-refractivity contribution in [2.75, 3.05) is 38.1 Å². The molecule has 2 aromatic heterocycles. The van der Waals surface area contributed by atoms with E-state index in [-0.39, 0.29) is 5.97 Å². The number of carbonyl (C=O) groups is 1. The molecule has 7 heteroatoms. The highest BCUT2D eigenvalue weighted by molar-refractivity contribution is 6.04. The van der Waals surface area contributed by atoms with E-state index in [1.165, 1.54) is 0 Å². The van der Waals surface area contributed by atoms with Gasteiger partial charge in [-0.1, -0.05) is 13.8 Å². The standard InChI is InChI=1S/C17H27N5O2/c1-5-21(6-2)10-9-18-15-13-12-20-22(7-3)16(13)19-11-14(15)17(23)24-8-4/h11-12H,5-10H2,1-4H3,(H,18,19). The molecule has 1 N–H and O–H groups in total. The lowest BCUT2D eigenvalue weighted by molar-refractivity contribution is 0.0527. The summed E-state index contributed by atoms with van der Waals surface area (Å²) in [6.45, 7) is 12.8. The lowest BCUT2D eigenvalue weighted by Crippen LogP contribution is -2.29. The zero-order chi connectivity index (χ0) is 17.5. The summed E-state index contributed by atoms with van der Waals surface area (Å²) in [7, 11) is 0. The monoisotopic (exact) mass is 333 g/mol. The number of rotatable bonds is 9. The molecule has 0 aliphatic carbocycles. The maximum atomic E-state index is 12.3. The zero-order valence-corrected chi connectivity index (χ0v) is 15.0. The van der Waals surface area contributed by atoms with Crippen LogP contribution >= 0.6 is 0 Å². The normalized spacial score (nSPS) is 11.2. The molecule has 0 aliphatic rings. The fourth-order valence-corrected chi connectivity index (χ4v) is 2.69. The average molecular weight is 333 g/mol. The van der Waals surface area contributed by atoms with E-state index in [1.54, 1.807) is 19.3 Å². The minimum absolute atomic E-state index is 0.337. The van der Waals surface area contributed by atoms with Gasteiger partial charge in [0.05, 0.1) is 23.9 Å². The number of carbonyl (C=O) groups excluding carboxylic acids is 1. The predicted octanol–water partition coefficient (Wildman–Crippen LogP) is 2.38. The number of nitrogens with one attached hydrogen (secondary N) is 1. The van der Waals surface area contributed by atoms with Gasteiger partial charge in [0.2, 0.25) is 0 Å². The third-order valence-electron chi connectivity index (χ3n) is 4.09. The molecule has 0 amide bonds. The summed E-state index contributed by atoms with van der Waals surface area (Å²) in [5, 5.41) is 8.59. The molecule has 0 aromatic carbocycles. The van der Waals surface area contributed by atoms with Gasteiger partial charge in [-0.25, -0.2) is 14.5 Å². The lowest BCUT2D eigenvalue weighted by atomic mass is 10.2. The van der Waals surface area contributed by atoms with Crippen LogP contribution in [0.2, 0.25) is 0 Å². The van der Waals surface area contributed by atoms with Crippen LogP contribution in [0.3, 0.4) is 0 Å². The third kappa shape index (κ3) is 3.84. The van der Waals surface area contributed by atoms with Crippen molar-refractivity contribution < 1.29 is 9.53 Å². The Bertz CT molecular complexity index is 679. The van der Waals surface area contributed by atoms with Gasteiger partial charge in [0, 0.05) is 25.8 Å². The molecule has 2 aromatic rings. The fraction of sp³-hybridized carbons (Fsp3) is 0.588. The van der Waals surface area contributed by atoms with Gasteiger partial charge in [-0.2, -0.15) is 5.10 Å². The Hall–Kier alpha value is -2.15. The smallest absolute Gasteiger partial charge is 0.341 e. The number of aryl methyl sites for hydroxylation is 1. The summed E-state index contributed by atoms with van der Waals surface area (Å²) in [6.07, 6.45) is 3.34. The molecule has 2 rings (SSSR count). The SMILES string of the molecule is CCOC(=O)c1cnc2c(cnn2CC)c1NCCN(CC)CC. The van der Waals surface area contributed by atoms with Gasteiger partial charge >= 0.3 is 5.97 Å². The van der Waals surface area contributed by atoms with Crippen LogP contribution in [-0.4, -0.2) is 58.4 Å². The molecule has 0 atom stereocenters. The molecule has 24 heavy (non-hydrogen) atoms. The number of esters is 1. The summed E-state index contributed by atoms with van der Waals surface area (Å²) in [5.41, 5.74) is 1.99. The number of hydrogen-bond donors (Lipinski definition) is 1. The molecule has 7 nitrogen and oxygen atoms in total. The molecule has 132 valence electrons. The van der Waals surface area contributed by atoms with Gasteiger partial charge in [0.25, 0.3) is 0 Å². The molecular formula is C17H27N5O2. The largest absolute Gasteiger partial charge is 0.462 e. The van der Waals surface area contributed by atoms with Crippen LogP contribution in [-0.2, 0) is 11.3 Å². The summed E-state index contributed by atoms with van der Waals surface area (Å²) in [5.74, 6) is -0.360. The molecule has 0 saturated carbocycles. The van der Waals surface area contributed by atoms with E-state index in [9.17, 15) is 4.79 Å². The van der Waals surface area contributed by atoms with E-state index in [2.05, 4.69) is 34.1 Å². The topological polar surface area (TPSA) is 72.3 Å². The molecular weight excluding hydrogens is 306 g/mol. The average Bonchev–Trinajstić information content (AvgIpc) is 3.02. The molecule has 0 radical (unpaired) electrons. The van der Waals surface area contributed by atoms with Crippen LogP contribution in [0.5, 0.6) is 0 Å². The third-order valence-corrected chi connectivity index (χ3v) is 4.09. The summed E-state index contributed by atoms with van der Waals surface area (Å²) in [4.78, 5) is 19.0. The second-order valence-electron chi connectivity index (χ2n) is 5.42. The van der Waals surface area contributed by atoms with E-state index in [0.717, 1.165) is 49.4 Å². The molecule has 0 aliphatic heterocycles. The molecule has 2 heterocycles. The Morgan fingerprint density at radius 2 is 2.00 bits per heavy atom. The number of anilines is 1. The maximum Gasteiger partial charge on any atom is 0.341 e. The van der Waals surface area contributed by atoms with Gasteiger partial charge in [0.15, 0.2) is 5.65 Å². The number of hydrogen-bond acceptors (Lipinski definition) is 6. The van der Waals surface area contributed by atoms with Crippen molar-refractivity contribution >= 4 is 22.7 Å². The van der Waals surface area contributed by atoms with Crippen molar-refractivity contribution in [2.24, 2.45) is 0 Å². The molecule has 0 spiro atoms. The fourth-order valence-electron chi connectivity index (χ4n) is 2.69. The maximum absolute atomic E-state index is 12.3. The van der Waals surface area contributed by atoms with Crippen LogP contribution in [0.1, 0.15) is 38.1 Å². The number of nitrogens with zero attached hydrogens (tertiary/aromatic N) is 4. The molecule has 0 saturated heterocycles. The Morgan fingerprint density at radius 3 is 2.62 bits per heavy atom. The Labute approximate surface area is 143 Å². The van der Waals surface area contributed by atoms with Crippen LogP contribution < -0.4 is 5.32 Å². The first kappa shape index (κ1) is 18.2. The van der Waals surface area contributed by atoms with E-state index in [1.807, 2.05) is 11.6 Å². The van der Waals surface area contributed by atoms with Crippen LogP contribution in [0.25, 0.3) is 11.0 Å². The van der Waals surface area contributed by atoms with E-state index in [0.29, 0.717) is 12.2 Å². The van der Waals surface area contributed by atoms with Gasteiger partial charge in [-0.15, -0.1) is 0 Å². The van der Waals surface area contributed by atoms with Crippen molar-refractivity contribution in [3.63, 3.8) is 0 Å². The first-order valence-electron chi connectivity index (χ1n) is 8.63. The number of fused-ring (bicyclic) bond motifs is 1. The van der Waals surface area contributed by atoms with Crippen molar-refractivity contribution in [2.45, 2.75) is 34.2 Å². The Kier molecular flexibility index (Phi) is 6.54.